The summed E-state index contributed by atoms with van der Waals surface area (Å²) >= 11 is 1.79. The molecule has 10 heteroatoms. The lowest BCUT2D eigenvalue weighted by molar-refractivity contribution is 0.673. The molecule has 2 aromatic heterocycles. The van der Waals surface area contributed by atoms with Crippen molar-refractivity contribution in [2.45, 2.75) is 0 Å². The number of nitrogens with zero attached hydrogens (tertiary/aromatic N) is 2. The summed E-state index contributed by atoms with van der Waals surface area (Å²) in [5.41, 5.74) is 22.0. The molecule has 0 N–H and O–H groups in total. The lowest BCUT2D eigenvalue weighted by Gasteiger charge is -2.31. The van der Waals surface area contributed by atoms with Crippen LogP contribution >= 0.6 is 11.3 Å². The average Bonchev–Trinajstić information content (AvgIpc) is 3.98. The van der Waals surface area contributed by atoms with E-state index in [1.165, 1.54) is 81.6 Å². The standard InChI is InChI=1S/C57H42B6N2OS/c58-50-46(47-48(52(60)55(63)54(62)51(47)59)49(53(50)61)57-64-42-17-9-10-18-45(42)67-57)41-30-44-40(39-28-23-35-15-7-8-16-38(35)56(39)66-44)29-43(41)65(36-24-19-33(20-25-36)31-11-3-1-4-12-31)37-26-21-34(22-27-37)32-13-5-2-6-14-32/h1-30H,58-63H2. The fourth-order valence-corrected chi connectivity index (χ4v) is 11.6. The van der Waals surface area contributed by atoms with Gasteiger partial charge in [-0.1, -0.05) is 149 Å². The molecule has 0 aliphatic rings. The summed E-state index contributed by atoms with van der Waals surface area (Å²) in [6, 6.07) is 65.7. The number of anilines is 3. The maximum Gasteiger partial charge on any atom is 0.143 e. The highest BCUT2D eigenvalue weighted by molar-refractivity contribution is 7.22. The highest BCUT2D eigenvalue weighted by Gasteiger charge is 2.28. The molecule has 12 aromatic rings. The Morgan fingerprint density at radius 2 is 0.970 bits per heavy atom. The van der Waals surface area contributed by atoms with E-state index in [4.69, 9.17) is 9.40 Å². The maximum absolute atomic E-state index is 7.08. The summed E-state index contributed by atoms with van der Waals surface area (Å²) in [6.07, 6.45) is 0. The number of thiazole rings is 1. The van der Waals surface area contributed by atoms with E-state index in [1.807, 2.05) is 0 Å². The van der Waals surface area contributed by atoms with Crippen molar-refractivity contribution in [3.8, 4) is 44.0 Å². The van der Waals surface area contributed by atoms with Crippen molar-refractivity contribution in [2.75, 3.05) is 4.90 Å². The van der Waals surface area contributed by atoms with Gasteiger partial charge in [0.25, 0.3) is 0 Å². The molecule has 10 aromatic carbocycles. The Labute approximate surface area is 400 Å². The minimum absolute atomic E-state index is 0.863. The van der Waals surface area contributed by atoms with E-state index in [2.05, 4.69) is 234 Å². The summed E-state index contributed by atoms with van der Waals surface area (Å²) < 4.78 is 8.28. The van der Waals surface area contributed by atoms with Gasteiger partial charge in [0.05, 0.1) is 15.9 Å². The maximum atomic E-state index is 7.08. The van der Waals surface area contributed by atoms with Crippen molar-refractivity contribution in [3.05, 3.63) is 182 Å². The van der Waals surface area contributed by atoms with Crippen LogP contribution in [-0.4, -0.2) is 52.1 Å². The van der Waals surface area contributed by atoms with Gasteiger partial charge in [-0.15, -0.1) is 22.3 Å². The van der Waals surface area contributed by atoms with E-state index in [9.17, 15) is 0 Å². The van der Waals surface area contributed by atoms with E-state index in [-0.39, 0.29) is 0 Å². The average molecular weight is 868 g/mol. The molecular formula is C57H42B6N2OS. The highest BCUT2D eigenvalue weighted by Crippen LogP contribution is 2.47. The summed E-state index contributed by atoms with van der Waals surface area (Å²) in [4.78, 5) is 7.79. The van der Waals surface area contributed by atoms with Crippen molar-refractivity contribution >= 4 is 162 Å². The predicted octanol–water partition coefficient (Wildman–Crippen LogP) is 6.19. The molecular weight excluding hydrogens is 826 g/mol. The second-order valence-corrected chi connectivity index (χ2v) is 19.1. The summed E-state index contributed by atoms with van der Waals surface area (Å²) in [7, 11) is 13.8. The quantitative estimate of drug-likeness (QED) is 0.179. The molecule has 310 valence electrons. The fourth-order valence-electron chi connectivity index (χ4n) is 10.5. The van der Waals surface area contributed by atoms with Gasteiger partial charge in [-0.25, -0.2) is 4.98 Å². The second-order valence-electron chi connectivity index (χ2n) is 18.0. The number of para-hydroxylation sites is 1. The number of furan rings is 1. The molecule has 0 aliphatic carbocycles. The topological polar surface area (TPSA) is 29.3 Å². The molecule has 67 heavy (non-hydrogen) atoms. The summed E-state index contributed by atoms with van der Waals surface area (Å²) in [5, 5.41) is 8.04. The lowest BCUT2D eigenvalue weighted by atomic mass is 9.60. The molecule has 0 atom stereocenters. The van der Waals surface area contributed by atoms with Gasteiger partial charge in [-0.05, 0) is 98.6 Å². The first-order valence-electron chi connectivity index (χ1n) is 23.1. The molecule has 3 nitrogen and oxygen atoms in total. The van der Waals surface area contributed by atoms with Crippen LogP contribution in [0.3, 0.4) is 0 Å². The van der Waals surface area contributed by atoms with Crippen LogP contribution in [0.4, 0.5) is 17.1 Å². The summed E-state index contributed by atoms with van der Waals surface area (Å²) in [6.45, 7) is 0. The largest absolute Gasteiger partial charge is 0.455 e. The van der Waals surface area contributed by atoms with Crippen molar-refractivity contribution in [3.63, 3.8) is 0 Å². The van der Waals surface area contributed by atoms with Crippen LogP contribution in [0, 0.1) is 0 Å². The monoisotopic (exact) mass is 868 g/mol. The zero-order chi connectivity index (χ0) is 45.5. The summed E-state index contributed by atoms with van der Waals surface area (Å²) in [5.74, 6) is 0. The third-order valence-corrected chi connectivity index (χ3v) is 15.5. The van der Waals surface area contributed by atoms with Gasteiger partial charge < -0.3 is 9.32 Å². The molecule has 0 saturated heterocycles. The van der Waals surface area contributed by atoms with Crippen molar-refractivity contribution in [1.82, 2.24) is 4.98 Å². The van der Waals surface area contributed by atoms with Crippen molar-refractivity contribution in [2.24, 2.45) is 0 Å². The van der Waals surface area contributed by atoms with Crippen LogP contribution in [0.2, 0.25) is 0 Å². The fraction of sp³-hybridized carbons (Fsp3) is 0. The first-order chi connectivity index (χ1) is 32.7. The molecule has 0 aliphatic heterocycles. The van der Waals surface area contributed by atoms with Gasteiger partial charge in [-0.2, -0.15) is 0 Å². The minimum atomic E-state index is 0.863. The van der Waals surface area contributed by atoms with Gasteiger partial charge in [-0.3, -0.25) is 0 Å². The van der Waals surface area contributed by atoms with Crippen LogP contribution in [0.1, 0.15) is 0 Å². The first kappa shape index (κ1) is 41.1. The third kappa shape index (κ3) is 6.68. The number of hydrogen-bond acceptors (Lipinski definition) is 4. The number of hydrogen-bond donors (Lipinski definition) is 0. The minimum Gasteiger partial charge on any atom is -0.455 e. The second kappa shape index (κ2) is 16.2. The molecule has 2 heterocycles. The molecule has 0 saturated carbocycles. The van der Waals surface area contributed by atoms with Crippen LogP contribution in [0.5, 0.6) is 0 Å². The smallest absolute Gasteiger partial charge is 0.143 e. The van der Waals surface area contributed by atoms with Crippen LogP contribution in [0.25, 0.3) is 97.7 Å². The molecule has 0 bridgehead atoms. The first-order valence-corrected chi connectivity index (χ1v) is 23.9. The molecule has 0 fully saturated rings. The SMILES string of the molecule is Bc1c(B)c(B)c2c(-c3cc4oc5c6ccccc6ccc5c4cc3N(c3ccc(-c4ccccc4)cc3)c3ccc(-c4ccccc4)cc3)c(B)c(B)c(-c3nc4ccccc4s3)c2c1B. The molecule has 0 radical (unpaired) electrons. The predicted molar refractivity (Wildman–Crippen MR) is 307 cm³/mol. The Kier molecular flexibility index (Phi) is 9.92. The van der Waals surface area contributed by atoms with Crippen LogP contribution < -0.4 is 37.7 Å². The molecule has 0 spiro atoms. The third-order valence-electron chi connectivity index (χ3n) is 14.5. The van der Waals surface area contributed by atoms with E-state index < -0.39 is 0 Å². The molecule has 12 rings (SSSR count). The Morgan fingerprint density at radius 1 is 0.433 bits per heavy atom. The Morgan fingerprint density at radius 3 is 1.60 bits per heavy atom. The van der Waals surface area contributed by atoms with E-state index in [0.717, 1.165) is 65.9 Å². The highest BCUT2D eigenvalue weighted by atomic mass is 32.1. The zero-order valence-corrected chi connectivity index (χ0v) is 39.3. The number of aromatic nitrogens is 1. The lowest BCUT2D eigenvalue weighted by Crippen LogP contribution is -2.49. The van der Waals surface area contributed by atoms with E-state index >= 15 is 0 Å². The molecule has 0 amide bonds. The van der Waals surface area contributed by atoms with Gasteiger partial charge >= 0.3 is 0 Å². The van der Waals surface area contributed by atoms with Gasteiger partial charge in [0.2, 0.25) is 0 Å². The number of rotatable bonds is 7. The van der Waals surface area contributed by atoms with Gasteiger partial charge in [0.1, 0.15) is 63.3 Å². The van der Waals surface area contributed by atoms with Crippen molar-refractivity contribution in [1.29, 1.82) is 0 Å². The Hall–Kier alpha value is -7.40. The van der Waals surface area contributed by atoms with Crippen molar-refractivity contribution < 1.29 is 4.42 Å². The Bertz CT molecular complexity index is 3810. The van der Waals surface area contributed by atoms with E-state index in [0.29, 0.717) is 0 Å². The normalized spacial score (nSPS) is 11.6. The molecule has 0 unspecified atom stereocenters. The van der Waals surface area contributed by atoms with Crippen LogP contribution in [-0.2, 0) is 0 Å². The van der Waals surface area contributed by atoms with Crippen LogP contribution in [0.15, 0.2) is 186 Å². The Balaban J connectivity index is 1.20. The van der Waals surface area contributed by atoms with E-state index in [1.54, 1.807) is 11.3 Å². The zero-order valence-electron chi connectivity index (χ0n) is 38.5. The van der Waals surface area contributed by atoms with Gasteiger partial charge in [0.15, 0.2) is 0 Å². The number of fused-ring (bicyclic) bond motifs is 7. The van der Waals surface area contributed by atoms with Gasteiger partial charge in [0, 0.05) is 38.7 Å². The number of benzene rings is 10.